The number of hydrogen-bond donors (Lipinski definition) is 1. The summed E-state index contributed by atoms with van der Waals surface area (Å²) in [5.74, 6) is 0.489. The third-order valence-corrected chi connectivity index (χ3v) is 2.46. The Labute approximate surface area is 117 Å². The van der Waals surface area contributed by atoms with Crippen LogP contribution < -0.4 is 14.8 Å². The molecule has 0 amide bonds. The molecule has 7 nitrogen and oxygen atoms in total. The molecule has 0 saturated carbocycles. The zero-order chi connectivity index (χ0) is 15.1. The highest BCUT2D eigenvalue weighted by Gasteiger charge is 2.18. The Bertz CT molecular complexity index is 511. The monoisotopic (exact) mass is 279 g/mol. The van der Waals surface area contributed by atoms with Gasteiger partial charge in [-0.2, -0.15) is 5.26 Å². The van der Waals surface area contributed by atoms with E-state index in [0.29, 0.717) is 5.75 Å². The normalized spacial score (nSPS) is 11.8. The average molecular weight is 279 g/mol. The minimum Gasteiger partial charge on any atom is -0.496 e. The highest BCUT2D eigenvalue weighted by atomic mass is 16.6. The van der Waals surface area contributed by atoms with E-state index >= 15 is 0 Å². The Balaban J connectivity index is 2.82. The summed E-state index contributed by atoms with van der Waals surface area (Å²) in [6, 6.07) is 5.95. The number of nitro groups is 1. The smallest absolute Gasteiger partial charge is 0.314 e. The van der Waals surface area contributed by atoms with Gasteiger partial charge in [-0.05, 0) is 26.0 Å². The molecule has 1 aromatic rings. The van der Waals surface area contributed by atoms with Crippen LogP contribution in [0.25, 0.3) is 0 Å². The first-order valence-electron chi connectivity index (χ1n) is 6.08. The lowest BCUT2D eigenvalue weighted by Gasteiger charge is -2.15. The van der Waals surface area contributed by atoms with Crippen LogP contribution in [0.15, 0.2) is 18.2 Å². The molecule has 1 unspecified atom stereocenters. The van der Waals surface area contributed by atoms with Gasteiger partial charge in [-0.1, -0.05) is 0 Å². The van der Waals surface area contributed by atoms with E-state index in [9.17, 15) is 10.1 Å². The highest BCUT2D eigenvalue weighted by molar-refractivity contribution is 5.50. The van der Waals surface area contributed by atoms with Crippen molar-refractivity contribution in [3.8, 4) is 17.6 Å². The number of ether oxygens (including phenoxy) is 2. The third-order valence-electron chi connectivity index (χ3n) is 2.46. The number of nitro benzene ring substituents is 1. The first-order valence-corrected chi connectivity index (χ1v) is 6.08. The van der Waals surface area contributed by atoms with Crippen LogP contribution >= 0.6 is 0 Å². The fourth-order valence-electron chi connectivity index (χ4n) is 1.59. The van der Waals surface area contributed by atoms with Gasteiger partial charge >= 0.3 is 5.69 Å². The van der Waals surface area contributed by atoms with Gasteiger partial charge < -0.3 is 9.47 Å². The summed E-state index contributed by atoms with van der Waals surface area (Å²) in [6.45, 7) is 3.84. The van der Waals surface area contributed by atoms with Gasteiger partial charge in [0.15, 0.2) is 5.75 Å². The number of benzene rings is 1. The van der Waals surface area contributed by atoms with Gasteiger partial charge in [-0.15, -0.1) is 0 Å². The molecule has 0 aliphatic carbocycles. The molecule has 0 aliphatic heterocycles. The molecule has 0 saturated heterocycles. The van der Waals surface area contributed by atoms with Crippen LogP contribution in [0.2, 0.25) is 0 Å². The quantitative estimate of drug-likeness (QED) is 0.604. The Morgan fingerprint density at radius 2 is 2.20 bits per heavy atom. The number of nitriles is 1. The topological polar surface area (TPSA) is 97.4 Å². The summed E-state index contributed by atoms with van der Waals surface area (Å²) in [5, 5.41) is 22.9. The maximum Gasteiger partial charge on any atom is 0.314 e. The molecule has 108 valence electrons. The van der Waals surface area contributed by atoms with E-state index in [1.807, 2.05) is 19.9 Å². The van der Waals surface area contributed by atoms with Crippen molar-refractivity contribution in [3.05, 3.63) is 28.3 Å². The summed E-state index contributed by atoms with van der Waals surface area (Å²) in [6.07, 6.45) is 0. The van der Waals surface area contributed by atoms with Gasteiger partial charge in [-0.25, -0.2) is 0 Å². The fourth-order valence-corrected chi connectivity index (χ4v) is 1.59. The van der Waals surface area contributed by atoms with Crippen molar-refractivity contribution in [2.45, 2.75) is 25.9 Å². The van der Waals surface area contributed by atoms with Crippen LogP contribution in [0.5, 0.6) is 11.5 Å². The Kier molecular flexibility index (Phi) is 5.74. The predicted octanol–water partition coefficient (Wildman–Crippen LogP) is 1.87. The average Bonchev–Trinajstić information content (AvgIpc) is 2.42. The van der Waals surface area contributed by atoms with E-state index in [0.717, 1.165) is 0 Å². The molecule has 0 spiro atoms. The summed E-state index contributed by atoms with van der Waals surface area (Å²) in [4.78, 5) is 10.4. The first kappa shape index (κ1) is 15.7. The molecule has 0 heterocycles. The number of methoxy groups -OCH3 is 1. The molecule has 1 N–H and O–H groups in total. The van der Waals surface area contributed by atoms with E-state index in [1.54, 1.807) is 6.07 Å². The van der Waals surface area contributed by atoms with Gasteiger partial charge in [0, 0.05) is 6.04 Å². The van der Waals surface area contributed by atoms with Crippen LogP contribution in [0, 0.1) is 21.4 Å². The lowest BCUT2D eigenvalue weighted by atomic mass is 10.2. The molecule has 20 heavy (non-hydrogen) atoms. The second-order valence-corrected chi connectivity index (χ2v) is 4.40. The van der Waals surface area contributed by atoms with E-state index in [-0.39, 0.29) is 24.1 Å². The SMILES string of the molecule is COc1ccc(OCC(C#N)NC(C)C)c([N+](=O)[O-])c1. The lowest BCUT2D eigenvalue weighted by Crippen LogP contribution is -2.38. The lowest BCUT2D eigenvalue weighted by molar-refractivity contribution is -0.385. The Morgan fingerprint density at radius 3 is 2.70 bits per heavy atom. The second kappa shape index (κ2) is 7.31. The molecule has 0 aromatic heterocycles. The molecular weight excluding hydrogens is 262 g/mol. The summed E-state index contributed by atoms with van der Waals surface area (Å²) in [7, 11) is 1.43. The number of hydrogen-bond acceptors (Lipinski definition) is 6. The first-order chi connectivity index (χ1) is 9.47. The van der Waals surface area contributed by atoms with Crippen molar-refractivity contribution in [2.24, 2.45) is 0 Å². The van der Waals surface area contributed by atoms with Gasteiger partial charge in [0.1, 0.15) is 18.4 Å². The molecule has 0 bridgehead atoms. The molecule has 0 aliphatic rings. The molecule has 1 rings (SSSR count). The van der Waals surface area contributed by atoms with E-state index in [2.05, 4.69) is 5.32 Å². The van der Waals surface area contributed by atoms with Crippen LogP contribution in [-0.2, 0) is 0 Å². The fraction of sp³-hybridized carbons (Fsp3) is 0.462. The number of nitrogens with one attached hydrogen (secondary N) is 1. The zero-order valence-electron chi connectivity index (χ0n) is 11.6. The standard InChI is InChI=1S/C13H17N3O4/c1-9(2)15-10(7-14)8-20-13-5-4-11(19-3)6-12(13)16(17)18/h4-6,9-10,15H,8H2,1-3H3. The molecule has 1 atom stereocenters. The predicted molar refractivity (Wildman–Crippen MR) is 72.8 cm³/mol. The van der Waals surface area contributed by atoms with Gasteiger partial charge in [0.25, 0.3) is 0 Å². The molecule has 7 heteroatoms. The zero-order valence-corrected chi connectivity index (χ0v) is 11.6. The van der Waals surface area contributed by atoms with Crippen LogP contribution in [-0.4, -0.2) is 30.7 Å². The third kappa shape index (κ3) is 4.40. The molecule has 0 fully saturated rings. The molecule has 1 aromatic carbocycles. The minimum absolute atomic E-state index is 0.0296. The van der Waals surface area contributed by atoms with Crippen molar-refractivity contribution in [1.82, 2.24) is 5.32 Å². The van der Waals surface area contributed by atoms with Gasteiger partial charge in [-0.3, -0.25) is 15.4 Å². The Morgan fingerprint density at radius 1 is 1.50 bits per heavy atom. The van der Waals surface area contributed by atoms with Gasteiger partial charge in [0.2, 0.25) is 0 Å². The number of nitrogens with zero attached hydrogens (tertiary/aromatic N) is 2. The number of rotatable bonds is 7. The van der Waals surface area contributed by atoms with E-state index in [1.165, 1.54) is 19.2 Å². The summed E-state index contributed by atoms with van der Waals surface area (Å²) in [5.41, 5.74) is -0.189. The van der Waals surface area contributed by atoms with Crippen molar-refractivity contribution < 1.29 is 14.4 Å². The van der Waals surface area contributed by atoms with Crippen molar-refractivity contribution >= 4 is 5.69 Å². The van der Waals surface area contributed by atoms with Crippen molar-refractivity contribution in [2.75, 3.05) is 13.7 Å². The molecular formula is C13H17N3O4. The highest BCUT2D eigenvalue weighted by Crippen LogP contribution is 2.31. The van der Waals surface area contributed by atoms with Gasteiger partial charge in [0.05, 0.1) is 24.2 Å². The van der Waals surface area contributed by atoms with E-state index in [4.69, 9.17) is 14.7 Å². The van der Waals surface area contributed by atoms with Crippen LogP contribution in [0.4, 0.5) is 5.69 Å². The molecule has 0 radical (unpaired) electrons. The van der Waals surface area contributed by atoms with Crippen LogP contribution in [0.3, 0.4) is 0 Å². The van der Waals surface area contributed by atoms with Crippen LogP contribution in [0.1, 0.15) is 13.8 Å². The largest absolute Gasteiger partial charge is 0.496 e. The second-order valence-electron chi connectivity index (χ2n) is 4.40. The Hall–Kier alpha value is -2.33. The minimum atomic E-state index is -0.547. The summed E-state index contributed by atoms with van der Waals surface area (Å²) >= 11 is 0. The maximum absolute atomic E-state index is 11.0. The maximum atomic E-state index is 11.0. The van der Waals surface area contributed by atoms with Crippen molar-refractivity contribution in [3.63, 3.8) is 0 Å². The summed E-state index contributed by atoms with van der Waals surface area (Å²) < 4.78 is 10.3. The van der Waals surface area contributed by atoms with Crippen molar-refractivity contribution in [1.29, 1.82) is 5.26 Å². The van der Waals surface area contributed by atoms with E-state index < -0.39 is 11.0 Å².